The van der Waals surface area contributed by atoms with Gasteiger partial charge in [-0.25, -0.2) is 0 Å². The van der Waals surface area contributed by atoms with Crippen molar-refractivity contribution in [3.8, 4) is 0 Å². The van der Waals surface area contributed by atoms with Crippen LogP contribution in [0, 0.1) is 0 Å². The molecule has 2 fully saturated rings. The van der Waals surface area contributed by atoms with Crippen LogP contribution in [0.1, 0.15) is 20.8 Å². The lowest BCUT2D eigenvalue weighted by Gasteiger charge is -2.38. The molecule has 0 saturated carbocycles. The van der Waals surface area contributed by atoms with Crippen molar-refractivity contribution in [1.29, 1.82) is 0 Å². The first kappa shape index (κ1) is 13.0. The number of ether oxygens (including phenoxy) is 4. The molecule has 0 aromatic carbocycles. The Hall–Kier alpha value is -0.460. The van der Waals surface area contributed by atoms with E-state index < -0.39 is 30.4 Å². The molecule has 1 N–H and O–H groups in total. The molecule has 98 valence electrons. The van der Waals surface area contributed by atoms with Crippen molar-refractivity contribution in [2.24, 2.45) is 0 Å². The summed E-state index contributed by atoms with van der Waals surface area (Å²) in [5.74, 6) is -0.723. The quantitative estimate of drug-likeness (QED) is 0.745. The molecule has 0 amide bonds. The third-order valence-corrected chi connectivity index (χ3v) is 2.98. The van der Waals surface area contributed by atoms with Gasteiger partial charge in [0.25, 0.3) is 0 Å². The van der Waals surface area contributed by atoms with Crippen molar-refractivity contribution in [1.82, 2.24) is 0 Å². The highest BCUT2D eigenvalue weighted by molar-refractivity contribution is 4.95. The summed E-state index contributed by atoms with van der Waals surface area (Å²) < 4.78 is 22.5. The zero-order chi connectivity index (χ0) is 12.6. The summed E-state index contributed by atoms with van der Waals surface area (Å²) in [6.45, 7) is 9.38. The third-order valence-electron chi connectivity index (χ3n) is 2.98. The van der Waals surface area contributed by atoms with Gasteiger partial charge in [0.1, 0.15) is 18.3 Å². The molecule has 2 heterocycles. The Labute approximate surface area is 101 Å². The molecule has 2 unspecified atom stereocenters. The van der Waals surface area contributed by atoms with Gasteiger partial charge in [0, 0.05) is 0 Å². The predicted octanol–water partition coefficient (Wildman–Crippen LogP) is 0.815. The Kier molecular flexibility index (Phi) is 3.56. The van der Waals surface area contributed by atoms with Crippen LogP contribution in [0.25, 0.3) is 0 Å². The van der Waals surface area contributed by atoms with Gasteiger partial charge in [-0.05, 0) is 20.8 Å². The van der Waals surface area contributed by atoms with Gasteiger partial charge >= 0.3 is 0 Å². The number of aliphatic hydroxyl groups is 1. The average Bonchev–Trinajstić information content (AvgIpc) is 2.58. The number of aliphatic hydroxyl groups excluding tert-OH is 1. The molecule has 5 nitrogen and oxygen atoms in total. The summed E-state index contributed by atoms with van der Waals surface area (Å²) >= 11 is 0. The lowest BCUT2D eigenvalue weighted by molar-refractivity contribution is -0.268. The molecule has 0 aromatic heterocycles. The van der Waals surface area contributed by atoms with Gasteiger partial charge in [-0.3, -0.25) is 0 Å². The fourth-order valence-electron chi connectivity index (χ4n) is 2.23. The Morgan fingerprint density at radius 2 is 2.00 bits per heavy atom. The zero-order valence-corrected chi connectivity index (χ0v) is 10.5. The van der Waals surface area contributed by atoms with Crippen LogP contribution >= 0.6 is 0 Å². The number of hydrogen-bond acceptors (Lipinski definition) is 5. The molecule has 2 saturated heterocycles. The molecule has 2 aliphatic rings. The first-order valence-corrected chi connectivity index (χ1v) is 5.86. The van der Waals surface area contributed by atoms with Crippen LogP contribution in [0.2, 0.25) is 0 Å². The van der Waals surface area contributed by atoms with E-state index in [4.69, 9.17) is 18.9 Å². The largest absolute Gasteiger partial charge is 0.388 e. The van der Waals surface area contributed by atoms with Gasteiger partial charge < -0.3 is 24.1 Å². The Morgan fingerprint density at radius 3 is 2.65 bits per heavy atom. The van der Waals surface area contributed by atoms with Crippen LogP contribution in [0.5, 0.6) is 0 Å². The second-order valence-corrected chi connectivity index (χ2v) is 4.89. The van der Waals surface area contributed by atoms with Crippen molar-refractivity contribution in [3.63, 3.8) is 0 Å². The highest BCUT2D eigenvalue weighted by atomic mass is 16.8. The Morgan fingerprint density at radius 1 is 1.35 bits per heavy atom. The van der Waals surface area contributed by atoms with E-state index in [1.54, 1.807) is 13.0 Å². The van der Waals surface area contributed by atoms with Crippen molar-refractivity contribution < 1.29 is 24.1 Å². The molecule has 17 heavy (non-hydrogen) atoms. The van der Waals surface area contributed by atoms with Crippen LogP contribution in [0.15, 0.2) is 12.7 Å². The lowest BCUT2D eigenvalue weighted by Crippen LogP contribution is -2.55. The van der Waals surface area contributed by atoms with E-state index in [1.807, 2.05) is 13.8 Å². The van der Waals surface area contributed by atoms with Gasteiger partial charge in [-0.1, -0.05) is 6.08 Å². The topological polar surface area (TPSA) is 57.2 Å². The molecule has 0 aromatic rings. The molecule has 5 atom stereocenters. The van der Waals surface area contributed by atoms with Gasteiger partial charge in [-0.2, -0.15) is 0 Å². The van der Waals surface area contributed by atoms with E-state index in [0.717, 1.165) is 0 Å². The summed E-state index contributed by atoms with van der Waals surface area (Å²) in [5, 5.41) is 10.0. The summed E-state index contributed by atoms with van der Waals surface area (Å²) in [4.78, 5) is 0. The lowest BCUT2D eigenvalue weighted by atomic mass is 10.0. The fourth-order valence-corrected chi connectivity index (χ4v) is 2.23. The van der Waals surface area contributed by atoms with Gasteiger partial charge in [0.2, 0.25) is 0 Å². The van der Waals surface area contributed by atoms with Gasteiger partial charge in [0.15, 0.2) is 12.1 Å². The minimum atomic E-state index is -0.723. The van der Waals surface area contributed by atoms with Crippen LogP contribution in [0.4, 0.5) is 0 Å². The zero-order valence-electron chi connectivity index (χ0n) is 10.5. The second-order valence-electron chi connectivity index (χ2n) is 4.89. The standard InChI is InChI=1S/C12H20O5/c1-5-6-14-11-10-9(8(13)7(2)15-11)16-12(3,4)17-10/h5,7-11,13H,1,6H2,2-4H3/t7?,8-,9+,10+,11?/m0/s1. The summed E-state index contributed by atoms with van der Waals surface area (Å²) in [6.07, 6.45) is -0.749. The monoisotopic (exact) mass is 244 g/mol. The van der Waals surface area contributed by atoms with E-state index in [2.05, 4.69) is 6.58 Å². The van der Waals surface area contributed by atoms with E-state index in [0.29, 0.717) is 6.61 Å². The second kappa shape index (κ2) is 4.66. The average molecular weight is 244 g/mol. The van der Waals surface area contributed by atoms with Crippen LogP contribution in [-0.2, 0) is 18.9 Å². The van der Waals surface area contributed by atoms with E-state index in [1.165, 1.54) is 0 Å². The fraction of sp³-hybridized carbons (Fsp3) is 0.833. The van der Waals surface area contributed by atoms with E-state index >= 15 is 0 Å². The molecule has 2 rings (SSSR count). The van der Waals surface area contributed by atoms with Gasteiger partial charge in [0.05, 0.1) is 12.7 Å². The highest BCUT2D eigenvalue weighted by Crippen LogP contribution is 2.37. The number of hydrogen-bond donors (Lipinski definition) is 1. The molecule has 0 bridgehead atoms. The van der Waals surface area contributed by atoms with E-state index in [-0.39, 0.29) is 6.10 Å². The molecule has 0 spiro atoms. The first-order valence-electron chi connectivity index (χ1n) is 5.86. The third kappa shape index (κ3) is 2.53. The summed E-state index contributed by atoms with van der Waals surface area (Å²) in [5.41, 5.74) is 0. The maximum Gasteiger partial charge on any atom is 0.187 e. The highest BCUT2D eigenvalue weighted by Gasteiger charge is 2.54. The minimum absolute atomic E-state index is 0.344. The van der Waals surface area contributed by atoms with Crippen molar-refractivity contribution in [2.75, 3.05) is 6.61 Å². The number of fused-ring (bicyclic) bond motifs is 1. The smallest absolute Gasteiger partial charge is 0.187 e. The summed E-state index contributed by atoms with van der Waals surface area (Å²) in [7, 11) is 0. The Balaban J connectivity index is 2.11. The van der Waals surface area contributed by atoms with Gasteiger partial charge in [-0.15, -0.1) is 6.58 Å². The maximum absolute atomic E-state index is 10.0. The van der Waals surface area contributed by atoms with Crippen molar-refractivity contribution in [2.45, 2.75) is 57.3 Å². The first-order chi connectivity index (χ1) is 7.94. The van der Waals surface area contributed by atoms with Crippen LogP contribution < -0.4 is 0 Å². The molecule has 2 aliphatic heterocycles. The molecule has 0 radical (unpaired) electrons. The molecular formula is C12H20O5. The number of rotatable bonds is 3. The summed E-state index contributed by atoms with van der Waals surface area (Å²) in [6, 6.07) is 0. The SMILES string of the molecule is C=CCOC1OC(C)[C@H](O)[C@H]2OC(C)(C)O[C@@H]12. The molecule has 5 heteroatoms. The Bertz CT molecular complexity index is 291. The predicted molar refractivity (Wildman–Crippen MR) is 60.3 cm³/mol. The molecule has 0 aliphatic carbocycles. The maximum atomic E-state index is 10.0. The van der Waals surface area contributed by atoms with Crippen molar-refractivity contribution in [3.05, 3.63) is 12.7 Å². The normalized spacial score (nSPS) is 44.4. The minimum Gasteiger partial charge on any atom is -0.388 e. The van der Waals surface area contributed by atoms with E-state index in [9.17, 15) is 5.11 Å². The van der Waals surface area contributed by atoms with Crippen LogP contribution in [-0.4, -0.2) is 48.2 Å². The van der Waals surface area contributed by atoms with Crippen LogP contribution in [0.3, 0.4) is 0 Å². The molecular weight excluding hydrogens is 224 g/mol. The van der Waals surface area contributed by atoms with Crippen molar-refractivity contribution >= 4 is 0 Å².